The van der Waals surface area contributed by atoms with Gasteiger partial charge < -0.3 is 4.90 Å². The van der Waals surface area contributed by atoms with E-state index in [1.807, 2.05) is 36.0 Å². The van der Waals surface area contributed by atoms with Gasteiger partial charge in [-0.05, 0) is 37.6 Å². The van der Waals surface area contributed by atoms with Crippen molar-refractivity contribution in [3.8, 4) is 6.07 Å². The number of benzene rings is 1. The van der Waals surface area contributed by atoms with Gasteiger partial charge in [0.05, 0.1) is 34.6 Å². The largest absolute Gasteiger partial charge is 0.369 e. The molecule has 0 amide bonds. The average molecular weight is 303 g/mol. The van der Waals surface area contributed by atoms with Crippen LogP contribution < -0.4 is 4.90 Å². The molecule has 0 N–H and O–H groups in total. The van der Waals surface area contributed by atoms with Crippen molar-refractivity contribution in [3.05, 3.63) is 46.2 Å². The van der Waals surface area contributed by atoms with Gasteiger partial charge in [0.25, 0.3) is 0 Å². The van der Waals surface area contributed by atoms with E-state index in [0.29, 0.717) is 12.1 Å². The fraction of sp³-hybridized carbons (Fsp3) is 0.375. The molecule has 110 valence electrons. The third-order valence-corrected chi connectivity index (χ3v) is 3.95. The maximum atomic E-state index is 8.84. The highest BCUT2D eigenvalue weighted by atomic mass is 35.5. The summed E-state index contributed by atoms with van der Waals surface area (Å²) in [5.41, 5.74) is 3.69. The van der Waals surface area contributed by atoms with Gasteiger partial charge in [0.1, 0.15) is 0 Å². The molecule has 0 aliphatic heterocycles. The van der Waals surface area contributed by atoms with Gasteiger partial charge >= 0.3 is 0 Å². The Bertz CT molecular complexity index is 652. The van der Waals surface area contributed by atoms with Gasteiger partial charge in [0, 0.05) is 19.3 Å². The van der Waals surface area contributed by atoms with E-state index >= 15 is 0 Å². The maximum absolute atomic E-state index is 8.84. The predicted molar refractivity (Wildman–Crippen MR) is 85.6 cm³/mol. The number of hydrogen-bond acceptors (Lipinski definition) is 3. The normalized spacial score (nSPS) is 10.4. The van der Waals surface area contributed by atoms with Crippen molar-refractivity contribution < 1.29 is 0 Å². The van der Waals surface area contributed by atoms with Crippen LogP contribution in [0, 0.1) is 11.3 Å². The first-order valence-corrected chi connectivity index (χ1v) is 7.43. The summed E-state index contributed by atoms with van der Waals surface area (Å²) in [5.74, 6) is 0. The van der Waals surface area contributed by atoms with Crippen LogP contribution in [-0.2, 0) is 19.5 Å². The summed E-state index contributed by atoms with van der Waals surface area (Å²) in [6.45, 7) is 5.61. The van der Waals surface area contributed by atoms with Crippen LogP contribution in [-0.4, -0.2) is 16.8 Å². The van der Waals surface area contributed by atoms with Gasteiger partial charge in [0.15, 0.2) is 0 Å². The third kappa shape index (κ3) is 3.20. The van der Waals surface area contributed by atoms with Crippen LogP contribution >= 0.6 is 11.6 Å². The second-order valence-corrected chi connectivity index (χ2v) is 5.27. The lowest BCUT2D eigenvalue weighted by Gasteiger charge is -2.20. The van der Waals surface area contributed by atoms with E-state index in [-0.39, 0.29) is 0 Å². The quantitative estimate of drug-likeness (QED) is 0.847. The lowest BCUT2D eigenvalue weighted by Crippen LogP contribution is -2.19. The van der Waals surface area contributed by atoms with E-state index in [9.17, 15) is 0 Å². The second kappa shape index (κ2) is 6.64. The summed E-state index contributed by atoms with van der Waals surface area (Å²) in [6, 6.07) is 9.66. The summed E-state index contributed by atoms with van der Waals surface area (Å²) in [7, 11) is 2.01. The molecule has 0 spiro atoms. The summed E-state index contributed by atoms with van der Waals surface area (Å²) >= 11 is 6.43. The minimum atomic E-state index is 0.664. The number of anilines is 1. The van der Waals surface area contributed by atoms with E-state index in [1.165, 1.54) is 0 Å². The lowest BCUT2D eigenvalue weighted by molar-refractivity contribution is 0.610. The molecule has 0 saturated carbocycles. The molecule has 0 aliphatic rings. The maximum Gasteiger partial charge on any atom is 0.0991 e. The van der Waals surface area contributed by atoms with Crippen molar-refractivity contribution in [2.45, 2.75) is 33.4 Å². The predicted octanol–water partition coefficient (Wildman–Crippen LogP) is 3.63. The summed E-state index contributed by atoms with van der Waals surface area (Å²) in [4.78, 5) is 2.11. The number of nitriles is 1. The van der Waals surface area contributed by atoms with Crippen molar-refractivity contribution in [1.29, 1.82) is 5.26 Å². The number of halogens is 1. The first-order chi connectivity index (χ1) is 10.1. The molecule has 1 aromatic heterocycles. The molecular weight excluding hydrogens is 284 g/mol. The number of nitrogens with zero attached hydrogens (tertiary/aromatic N) is 4. The number of aromatic nitrogens is 2. The van der Waals surface area contributed by atoms with Gasteiger partial charge in [-0.1, -0.05) is 18.5 Å². The van der Waals surface area contributed by atoms with E-state index < -0.39 is 0 Å². The minimum absolute atomic E-state index is 0.664. The summed E-state index contributed by atoms with van der Waals surface area (Å²) in [5, 5.41) is 14.1. The molecule has 5 heteroatoms. The topological polar surface area (TPSA) is 44.9 Å². The Morgan fingerprint density at radius 2 is 1.95 bits per heavy atom. The van der Waals surface area contributed by atoms with Crippen LogP contribution in [0.2, 0.25) is 5.02 Å². The molecule has 0 radical (unpaired) electrons. The molecule has 0 atom stereocenters. The van der Waals surface area contributed by atoms with E-state index in [0.717, 1.165) is 35.1 Å². The van der Waals surface area contributed by atoms with Crippen molar-refractivity contribution in [2.75, 3.05) is 11.9 Å². The third-order valence-electron chi connectivity index (χ3n) is 3.52. The molecule has 1 aromatic carbocycles. The molecule has 21 heavy (non-hydrogen) atoms. The van der Waals surface area contributed by atoms with Crippen molar-refractivity contribution in [3.63, 3.8) is 0 Å². The molecule has 4 nitrogen and oxygen atoms in total. The first-order valence-electron chi connectivity index (χ1n) is 7.06. The van der Waals surface area contributed by atoms with Crippen molar-refractivity contribution >= 4 is 17.3 Å². The molecule has 0 saturated heterocycles. The average Bonchev–Trinajstić information content (AvgIpc) is 2.83. The Morgan fingerprint density at radius 1 is 1.29 bits per heavy atom. The first kappa shape index (κ1) is 15.4. The van der Waals surface area contributed by atoms with Crippen LogP contribution in [0.15, 0.2) is 24.3 Å². The van der Waals surface area contributed by atoms with Gasteiger partial charge in [-0.15, -0.1) is 0 Å². The van der Waals surface area contributed by atoms with Crippen molar-refractivity contribution in [1.82, 2.24) is 9.78 Å². The second-order valence-electron chi connectivity index (χ2n) is 4.89. The molecule has 0 bridgehead atoms. The number of hydrogen-bond donors (Lipinski definition) is 0. The zero-order valence-electron chi connectivity index (χ0n) is 12.6. The van der Waals surface area contributed by atoms with Crippen LogP contribution in [0.1, 0.15) is 30.8 Å². The Kier molecular flexibility index (Phi) is 4.87. The van der Waals surface area contributed by atoms with Crippen LogP contribution in [0.4, 0.5) is 5.69 Å². The SMILES string of the molecule is CCc1nn(CC)c(CN(C)c2ccc(C#N)cc2)c1Cl. The molecule has 2 aromatic rings. The van der Waals surface area contributed by atoms with Gasteiger partial charge in [-0.25, -0.2) is 0 Å². The molecule has 2 rings (SSSR count). The van der Waals surface area contributed by atoms with Crippen LogP contribution in [0.3, 0.4) is 0 Å². The van der Waals surface area contributed by atoms with Gasteiger partial charge in [0.2, 0.25) is 0 Å². The molecule has 1 heterocycles. The highest BCUT2D eigenvalue weighted by molar-refractivity contribution is 6.31. The van der Waals surface area contributed by atoms with E-state index in [2.05, 4.69) is 29.9 Å². The summed E-state index contributed by atoms with van der Waals surface area (Å²) < 4.78 is 1.96. The number of aryl methyl sites for hydroxylation is 2. The van der Waals surface area contributed by atoms with Gasteiger partial charge in [-0.3, -0.25) is 4.68 Å². The summed E-state index contributed by atoms with van der Waals surface area (Å²) in [6.07, 6.45) is 0.833. The standard InChI is InChI=1S/C16H19ClN4/c1-4-14-16(17)15(21(5-2)19-14)11-20(3)13-8-6-12(10-18)7-9-13/h6-9H,4-5,11H2,1-3H3. The lowest BCUT2D eigenvalue weighted by atomic mass is 10.2. The Morgan fingerprint density at radius 3 is 2.48 bits per heavy atom. The fourth-order valence-electron chi connectivity index (χ4n) is 2.27. The van der Waals surface area contributed by atoms with Crippen LogP contribution in [0.25, 0.3) is 0 Å². The molecule has 0 unspecified atom stereocenters. The molecule has 0 aliphatic carbocycles. The monoisotopic (exact) mass is 302 g/mol. The zero-order valence-corrected chi connectivity index (χ0v) is 13.4. The Hall–Kier alpha value is -1.99. The van der Waals surface area contributed by atoms with Crippen molar-refractivity contribution in [2.24, 2.45) is 0 Å². The highest BCUT2D eigenvalue weighted by Gasteiger charge is 2.16. The van der Waals surface area contributed by atoms with E-state index in [4.69, 9.17) is 16.9 Å². The number of rotatable bonds is 5. The minimum Gasteiger partial charge on any atom is -0.369 e. The fourth-order valence-corrected chi connectivity index (χ4v) is 2.60. The van der Waals surface area contributed by atoms with Gasteiger partial charge in [-0.2, -0.15) is 10.4 Å². The van der Waals surface area contributed by atoms with E-state index in [1.54, 1.807) is 0 Å². The Labute approximate surface area is 130 Å². The molecular formula is C16H19ClN4. The zero-order chi connectivity index (χ0) is 15.4. The smallest absolute Gasteiger partial charge is 0.0991 e. The highest BCUT2D eigenvalue weighted by Crippen LogP contribution is 2.24. The van der Waals surface area contributed by atoms with Crippen LogP contribution in [0.5, 0.6) is 0 Å². The molecule has 0 fully saturated rings. The Balaban J connectivity index is 2.24.